The van der Waals surface area contributed by atoms with Gasteiger partial charge in [-0.1, -0.05) is 91.0 Å². The molecule has 0 saturated heterocycles. The summed E-state index contributed by atoms with van der Waals surface area (Å²) >= 11 is -2.95. The predicted molar refractivity (Wildman–Crippen MR) is 197 cm³/mol. The molecule has 3 aromatic heterocycles. The smallest absolute Gasteiger partial charge is 0.577 e. The summed E-state index contributed by atoms with van der Waals surface area (Å²) in [6, 6.07) is 46.8. The molecular formula is C42H29AlN2O4. The summed E-state index contributed by atoms with van der Waals surface area (Å²) < 4.78 is 26.3. The fourth-order valence-corrected chi connectivity index (χ4v) is 7.84. The molecule has 9 rings (SSSR count). The first kappa shape index (κ1) is 29.3. The second-order valence-electron chi connectivity index (χ2n) is 12.2. The molecule has 9 aromatic rings. The molecule has 7 heteroatoms. The van der Waals surface area contributed by atoms with Crippen LogP contribution in [0.3, 0.4) is 0 Å². The summed E-state index contributed by atoms with van der Waals surface area (Å²) in [5.74, 6) is 1.86. The maximum Gasteiger partial charge on any atom is 1.20 e. The van der Waals surface area contributed by atoms with Crippen molar-refractivity contribution in [1.29, 1.82) is 0 Å². The van der Waals surface area contributed by atoms with E-state index < -0.39 is 15.1 Å². The topological polar surface area (TPSA) is 66.6 Å². The molecular weight excluding hydrogens is 623 g/mol. The molecule has 0 N–H and O–H groups in total. The minimum atomic E-state index is -2.95. The highest BCUT2D eigenvalue weighted by Crippen LogP contribution is 2.41. The predicted octanol–water partition coefficient (Wildman–Crippen LogP) is 10.6. The normalized spacial score (nSPS) is 11.5. The number of rotatable bonds is 7. The number of furan rings is 1. The number of para-hydroxylation sites is 3. The number of hydrogen-bond acceptors (Lipinski definition) is 6. The molecule has 234 valence electrons. The average Bonchev–Trinajstić information content (AvgIpc) is 3.49. The molecule has 0 radical (unpaired) electrons. The van der Waals surface area contributed by atoms with Crippen LogP contribution in [0.25, 0.3) is 65.6 Å². The van der Waals surface area contributed by atoms with Crippen LogP contribution in [0.5, 0.6) is 17.2 Å². The molecule has 0 spiro atoms. The molecule has 49 heavy (non-hydrogen) atoms. The van der Waals surface area contributed by atoms with E-state index in [9.17, 15) is 0 Å². The lowest BCUT2D eigenvalue weighted by Gasteiger charge is -2.18. The van der Waals surface area contributed by atoms with Crippen LogP contribution in [0.2, 0.25) is 0 Å². The Labute approximate surface area is 287 Å². The summed E-state index contributed by atoms with van der Waals surface area (Å²) in [6.45, 7) is 3.94. The Morgan fingerprint density at radius 2 is 1.10 bits per heavy atom. The average molecular weight is 653 g/mol. The highest BCUT2D eigenvalue weighted by atomic mass is 27.3. The highest BCUT2D eigenvalue weighted by Gasteiger charge is 2.45. The zero-order valence-corrected chi connectivity index (χ0v) is 28.0. The zero-order chi connectivity index (χ0) is 32.9. The van der Waals surface area contributed by atoms with Crippen LogP contribution in [0.1, 0.15) is 11.4 Å². The van der Waals surface area contributed by atoms with Crippen molar-refractivity contribution < 1.29 is 15.8 Å². The van der Waals surface area contributed by atoms with Crippen molar-refractivity contribution in [3.63, 3.8) is 0 Å². The number of aryl methyl sites for hydroxylation is 2. The van der Waals surface area contributed by atoms with Crippen molar-refractivity contribution in [2.24, 2.45) is 0 Å². The van der Waals surface area contributed by atoms with Gasteiger partial charge in [-0.2, -0.15) is 0 Å². The third kappa shape index (κ3) is 5.40. The monoisotopic (exact) mass is 652 g/mol. The molecule has 0 amide bonds. The lowest BCUT2D eigenvalue weighted by Crippen LogP contribution is -2.37. The maximum absolute atomic E-state index is 6.62. The zero-order valence-electron chi connectivity index (χ0n) is 26.9. The molecule has 0 aliphatic heterocycles. The molecule has 0 bridgehead atoms. The van der Waals surface area contributed by atoms with E-state index in [1.807, 2.05) is 105 Å². The largest absolute Gasteiger partial charge is 1.20 e. The molecule has 3 heterocycles. The summed E-state index contributed by atoms with van der Waals surface area (Å²) in [4.78, 5) is 9.56. The number of fused-ring (bicyclic) bond motifs is 6. The summed E-state index contributed by atoms with van der Waals surface area (Å²) in [5.41, 5.74) is 7.14. The molecule has 0 unspecified atom stereocenters. The Hall–Kier alpha value is -5.87. The number of pyridine rings is 2. The van der Waals surface area contributed by atoms with Crippen LogP contribution >= 0.6 is 0 Å². The first-order chi connectivity index (χ1) is 24.1. The van der Waals surface area contributed by atoms with E-state index in [-0.39, 0.29) is 0 Å². The van der Waals surface area contributed by atoms with Gasteiger partial charge in [0, 0.05) is 38.5 Å². The van der Waals surface area contributed by atoms with Crippen LogP contribution < -0.4 is 11.4 Å². The van der Waals surface area contributed by atoms with E-state index >= 15 is 0 Å². The van der Waals surface area contributed by atoms with Crippen molar-refractivity contribution in [2.75, 3.05) is 0 Å². The summed E-state index contributed by atoms with van der Waals surface area (Å²) in [7, 11) is 0. The van der Waals surface area contributed by atoms with Gasteiger partial charge in [0.05, 0.1) is 5.75 Å². The van der Waals surface area contributed by atoms with Crippen LogP contribution in [0.15, 0.2) is 144 Å². The van der Waals surface area contributed by atoms with Crippen LogP contribution in [-0.4, -0.2) is 25.1 Å². The van der Waals surface area contributed by atoms with Gasteiger partial charge in [0.2, 0.25) is 0 Å². The standard InChI is InChI=1S/C22H14O2.2C10H9NO.Al/c23-16-11-9-14(10-12-16)21-17-6-2-1-5-15(17)13-19-18-7-3-4-8-20(18)24-22(19)21;2*1-7-5-6-8-3-2-4-9(12)10(8)11-7;/h1-13,23H;2*2-6,12H,1H3;/q;;;+3/p-3. The van der Waals surface area contributed by atoms with Gasteiger partial charge < -0.3 is 15.8 Å². The Bertz CT molecular complexity index is 2600. The maximum atomic E-state index is 6.62. The second kappa shape index (κ2) is 12.0. The van der Waals surface area contributed by atoms with Crippen molar-refractivity contribution in [3.8, 4) is 28.4 Å². The van der Waals surface area contributed by atoms with Crippen molar-refractivity contribution >= 4 is 69.7 Å². The Kier molecular flexibility index (Phi) is 7.16. The van der Waals surface area contributed by atoms with E-state index in [1.54, 1.807) is 0 Å². The van der Waals surface area contributed by atoms with Gasteiger partial charge >= 0.3 is 15.1 Å². The Morgan fingerprint density at radius 1 is 0.510 bits per heavy atom. The summed E-state index contributed by atoms with van der Waals surface area (Å²) in [6.07, 6.45) is 0. The molecule has 6 aromatic carbocycles. The first-order valence-electron chi connectivity index (χ1n) is 16.2. The molecule has 0 fully saturated rings. The number of nitrogens with zero attached hydrogens (tertiary/aromatic N) is 2. The fourth-order valence-electron chi connectivity index (χ4n) is 6.53. The Morgan fingerprint density at radius 3 is 1.78 bits per heavy atom. The van der Waals surface area contributed by atoms with Gasteiger partial charge in [0.15, 0.2) is 0 Å². The molecule has 0 aliphatic carbocycles. The summed E-state index contributed by atoms with van der Waals surface area (Å²) in [5, 5.41) is 6.44. The number of benzene rings is 6. The van der Waals surface area contributed by atoms with Crippen molar-refractivity contribution in [2.45, 2.75) is 13.8 Å². The van der Waals surface area contributed by atoms with Crippen LogP contribution in [-0.2, 0) is 0 Å². The fraction of sp³-hybridized carbons (Fsp3) is 0.0476. The Balaban J connectivity index is 1.12. The van der Waals surface area contributed by atoms with Gasteiger partial charge in [0.1, 0.15) is 33.7 Å². The van der Waals surface area contributed by atoms with E-state index in [1.165, 1.54) is 0 Å². The number of hydrogen-bond donors (Lipinski definition) is 0. The van der Waals surface area contributed by atoms with Crippen LogP contribution in [0, 0.1) is 13.8 Å². The second-order valence-corrected chi connectivity index (χ2v) is 13.5. The van der Waals surface area contributed by atoms with Gasteiger partial charge in [-0.15, -0.1) is 0 Å². The molecule has 0 atom stereocenters. The van der Waals surface area contributed by atoms with E-state index in [0.717, 1.165) is 77.0 Å². The van der Waals surface area contributed by atoms with Gasteiger partial charge in [-0.25, -0.2) is 9.97 Å². The lowest BCUT2D eigenvalue weighted by molar-refractivity contribution is 0.310. The van der Waals surface area contributed by atoms with E-state index in [0.29, 0.717) is 17.2 Å². The highest BCUT2D eigenvalue weighted by molar-refractivity contribution is 6.40. The minimum absolute atomic E-state index is 0.613. The third-order valence-corrected chi connectivity index (χ3v) is 10.2. The minimum Gasteiger partial charge on any atom is -0.577 e. The van der Waals surface area contributed by atoms with E-state index in [2.05, 4.69) is 48.5 Å². The quantitative estimate of drug-likeness (QED) is 0.160. The van der Waals surface area contributed by atoms with Gasteiger partial charge in [0.25, 0.3) is 0 Å². The van der Waals surface area contributed by atoms with Gasteiger partial charge in [-0.05, 0) is 78.7 Å². The molecule has 0 saturated carbocycles. The van der Waals surface area contributed by atoms with E-state index in [4.69, 9.17) is 25.8 Å². The molecule has 6 nitrogen and oxygen atoms in total. The first-order valence-corrected chi connectivity index (χ1v) is 17.6. The third-order valence-electron chi connectivity index (χ3n) is 8.86. The molecule has 0 aliphatic rings. The van der Waals surface area contributed by atoms with Crippen molar-refractivity contribution in [1.82, 2.24) is 9.97 Å². The van der Waals surface area contributed by atoms with Crippen LogP contribution in [0.4, 0.5) is 0 Å². The SMILES string of the molecule is Cc1ccc2cccc([O][Al]([O]c3ccc(-c4c5ccccc5cc5c4oc4ccccc45)cc3)[O]c3cccc4ccc(C)nc34)c2n1. The van der Waals surface area contributed by atoms with Gasteiger partial charge in [-0.3, -0.25) is 0 Å². The number of aromatic nitrogens is 2. The van der Waals surface area contributed by atoms with Crippen molar-refractivity contribution in [3.05, 3.63) is 151 Å². The lowest BCUT2D eigenvalue weighted by atomic mass is 9.95.